The molecule has 1 aromatic rings. The van der Waals surface area contributed by atoms with Gasteiger partial charge in [0.1, 0.15) is 24.2 Å². The molecule has 0 aromatic carbocycles. The first-order valence-corrected chi connectivity index (χ1v) is 12.3. The maximum absolute atomic E-state index is 13.3. The molecule has 1 spiro atoms. The van der Waals surface area contributed by atoms with Crippen LogP contribution in [0, 0.1) is 17.3 Å². The lowest BCUT2D eigenvalue weighted by Gasteiger charge is -2.61. The van der Waals surface area contributed by atoms with Crippen LogP contribution in [0.1, 0.15) is 71.4 Å². The molecule has 10 heteroatoms. The zero-order chi connectivity index (χ0) is 26.5. The third-order valence-corrected chi connectivity index (χ3v) is 8.17. The van der Waals surface area contributed by atoms with Crippen molar-refractivity contribution in [3.8, 4) is 0 Å². The van der Waals surface area contributed by atoms with E-state index in [0.717, 1.165) is 0 Å². The van der Waals surface area contributed by atoms with Gasteiger partial charge in [-0.3, -0.25) is 14.4 Å². The van der Waals surface area contributed by atoms with Crippen molar-refractivity contribution in [3.05, 3.63) is 24.2 Å². The fourth-order valence-electron chi connectivity index (χ4n) is 6.77. The van der Waals surface area contributed by atoms with Gasteiger partial charge < -0.3 is 28.1 Å². The third-order valence-electron chi connectivity index (χ3n) is 8.17. The summed E-state index contributed by atoms with van der Waals surface area (Å²) < 4.78 is 35.5. The Kier molecular flexibility index (Phi) is 6.70. The third kappa shape index (κ3) is 4.09. The Hall–Kier alpha value is -2.88. The molecule has 3 aliphatic rings. The number of carbonyl (C=O) groups excluding carboxylic acids is 4. The van der Waals surface area contributed by atoms with Crippen LogP contribution in [-0.2, 0) is 38.1 Å². The van der Waals surface area contributed by atoms with Gasteiger partial charge in [-0.25, -0.2) is 4.79 Å². The highest BCUT2D eigenvalue weighted by atomic mass is 16.6. The van der Waals surface area contributed by atoms with Crippen LogP contribution >= 0.6 is 0 Å². The first kappa shape index (κ1) is 26.2. The molecule has 1 aromatic heterocycles. The van der Waals surface area contributed by atoms with Crippen LogP contribution in [0.5, 0.6) is 0 Å². The van der Waals surface area contributed by atoms with Gasteiger partial charge in [0, 0.05) is 26.7 Å². The Morgan fingerprint density at radius 1 is 1.00 bits per heavy atom. The first-order valence-electron chi connectivity index (χ1n) is 12.3. The molecule has 0 amide bonds. The fourth-order valence-corrected chi connectivity index (χ4v) is 6.77. The Morgan fingerprint density at radius 2 is 1.69 bits per heavy atom. The fraction of sp³-hybridized carbons (Fsp3) is 0.692. The van der Waals surface area contributed by atoms with E-state index in [0.29, 0.717) is 19.3 Å². The summed E-state index contributed by atoms with van der Waals surface area (Å²) in [6.07, 6.45) is -0.0890. The highest BCUT2D eigenvalue weighted by molar-refractivity contribution is 5.86. The summed E-state index contributed by atoms with van der Waals surface area (Å²) in [5, 5.41) is 0. The van der Waals surface area contributed by atoms with Crippen molar-refractivity contribution in [2.45, 2.75) is 90.3 Å². The van der Waals surface area contributed by atoms with E-state index in [4.69, 9.17) is 28.1 Å². The van der Waals surface area contributed by atoms with Crippen molar-refractivity contribution in [2.75, 3.05) is 6.61 Å². The van der Waals surface area contributed by atoms with Gasteiger partial charge in [0.2, 0.25) is 5.76 Å². The van der Waals surface area contributed by atoms with Crippen molar-refractivity contribution in [1.29, 1.82) is 0 Å². The van der Waals surface area contributed by atoms with Crippen molar-refractivity contribution in [3.63, 3.8) is 0 Å². The number of fused-ring (bicyclic) bond motifs is 1. The summed E-state index contributed by atoms with van der Waals surface area (Å²) in [4.78, 5) is 49.9. The number of rotatable bonds is 6. The second-order valence-corrected chi connectivity index (χ2v) is 10.7. The monoisotopic (exact) mass is 506 g/mol. The predicted octanol–water partition coefficient (Wildman–Crippen LogP) is 3.22. The lowest BCUT2D eigenvalue weighted by atomic mass is 9.49. The average molecular weight is 507 g/mol. The number of hydrogen-bond donors (Lipinski definition) is 0. The van der Waals surface area contributed by atoms with Crippen LogP contribution < -0.4 is 0 Å². The molecule has 2 bridgehead atoms. The van der Waals surface area contributed by atoms with Gasteiger partial charge in [-0.2, -0.15) is 0 Å². The van der Waals surface area contributed by atoms with Crippen LogP contribution in [-0.4, -0.2) is 60.0 Å². The second kappa shape index (κ2) is 9.21. The molecule has 1 saturated heterocycles. The SMILES string of the molecule is CC(=O)OCC12[C@@H](OC(C)=O)CC[C@@H](C)[C@@]13C[C@H]([C@H](OC(C)=O)[C@@H]2OC(=O)c1ccco1)C(C)(C)O3. The second-order valence-electron chi connectivity index (χ2n) is 10.7. The van der Waals surface area contributed by atoms with Gasteiger partial charge in [0.05, 0.1) is 17.5 Å². The van der Waals surface area contributed by atoms with Crippen LogP contribution in [0.4, 0.5) is 0 Å². The van der Waals surface area contributed by atoms with Crippen molar-refractivity contribution in [2.24, 2.45) is 17.3 Å². The highest BCUT2D eigenvalue weighted by Crippen LogP contribution is 2.67. The van der Waals surface area contributed by atoms with E-state index in [2.05, 4.69) is 0 Å². The van der Waals surface area contributed by atoms with Crippen LogP contribution in [0.3, 0.4) is 0 Å². The Balaban J connectivity index is 1.95. The van der Waals surface area contributed by atoms with Crippen molar-refractivity contribution < 1.29 is 47.3 Å². The number of furan rings is 1. The highest BCUT2D eigenvalue weighted by Gasteiger charge is 2.79. The largest absolute Gasteiger partial charge is 0.465 e. The van der Waals surface area contributed by atoms with E-state index in [1.54, 1.807) is 6.07 Å². The number of esters is 4. The maximum atomic E-state index is 13.3. The zero-order valence-corrected chi connectivity index (χ0v) is 21.5. The van der Waals surface area contributed by atoms with Crippen molar-refractivity contribution in [1.82, 2.24) is 0 Å². The standard InChI is InChI=1S/C26H34O10/c1-14-9-10-20(33-16(3)28)25(13-32-15(2)27)22(35-23(30)19-8-7-11-31-19)21(34-17(4)29)18-12-26(14,25)36-24(18,5)6/h7-8,11,14,18,20-22H,9-10,12-13H2,1-6H3/t14-,18-,20+,21+,22+,25?,26+/m1/s1. The molecular formula is C26H34O10. The molecule has 10 nitrogen and oxygen atoms in total. The first-order chi connectivity index (χ1) is 16.8. The van der Waals surface area contributed by atoms with Gasteiger partial charge in [-0.1, -0.05) is 6.92 Å². The van der Waals surface area contributed by atoms with Gasteiger partial charge in [-0.15, -0.1) is 0 Å². The van der Waals surface area contributed by atoms with Crippen LogP contribution in [0.2, 0.25) is 0 Å². The summed E-state index contributed by atoms with van der Waals surface area (Å²) in [6.45, 7) is 9.42. The van der Waals surface area contributed by atoms with E-state index in [1.807, 2.05) is 20.8 Å². The summed E-state index contributed by atoms with van der Waals surface area (Å²) in [7, 11) is 0. The van der Waals surface area contributed by atoms with E-state index in [1.165, 1.54) is 33.1 Å². The molecule has 2 saturated carbocycles. The average Bonchev–Trinajstić information content (AvgIpc) is 3.38. The maximum Gasteiger partial charge on any atom is 0.374 e. The normalized spacial score (nSPS) is 36.3. The van der Waals surface area contributed by atoms with Gasteiger partial charge >= 0.3 is 23.9 Å². The minimum Gasteiger partial charge on any atom is -0.465 e. The Labute approximate surface area is 209 Å². The minimum atomic E-state index is -1.35. The molecule has 3 fully saturated rings. The molecule has 1 aliphatic heterocycles. The van der Waals surface area contributed by atoms with Crippen LogP contribution in [0.15, 0.2) is 22.8 Å². The molecule has 0 radical (unpaired) electrons. The summed E-state index contributed by atoms with van der Waals surface area (Å²) >= 11 is 0. The molecular weight excluding hydrogens is 472 g/mol. The molecule has 1 unspecified atom stereocenters. The topological polar surface area (TPSA) is 128 Å². The van der Waals surface area contributed by atoms with Gasteiger partial charge in [0.25, 0.3) is 0 Å². The predicted molar refractivity (Wildman–Crippen MR) is 122 cm³/mol. The quantitative estimate of drug-likeness (QED) is 0.419. The molecule has 7 atom stereocenters. The lowest BCUT2D eigenvalue weighted by molar-refractivity contribution is -0.288. The summed E-state index contributed by atoms with van der Waals surface area (Å²) in [5.74, 6) is -2.90. The number of carbonyl (C=O) groups is 4. The zero-order valence-electron chi connectivity index (χ0n) is 21.5. The molecule has 2 heterocycles. The van der Waals surface area contributed by atoms with Crippen LogP contribution in [0.25, 0.3) is 0 Å². The van der Waals surface area contributed by atoms with Gasteiger partial charge in [-0.05, 0) is 51.2 Å². The summed E-state index contributed by atoms with van der Waals surface area (Å²) in [5.41, 5.74) is -3.14. The van der Waals surface area contributed by atoms with Gasteiger partial charge in [0.15, 0.2) is 6.10 Å². The Morgan fingerprint density at radius 3 is 2.28 bits per heavy atom. The number of hydrogen-bond acceptors (Lipinski definition) is 10. The van der Waals surface area contributed by atoms with E-state index in [9.17, 15) is 19.2 Å². The lowest BCUT2D eigenvalue weighted by Crippen LogP contribution is -2.74. The summed E-state index contributed by atoms with van der Waals surface area (Å²) in [6, 6.07) is 3.01. The van der Waals surface area contributed by atoms with Crippen molar-refractivity contribution >= 4 is 23.9 Å². The molecule has 2 aliphatic carbocycles. The Bertz CT molecular complexity index is 1030. The van der Waals surface area contributed by atoms with E-state index in [-0.39, 0.29) is 24.2 Å². The van der Waals surface area contributed by atoms with E-state index >= 15 is 0 Å². The smallest absolute Gasteiger partial charge is 0.374 e. The van der Waals surface area contributed by atoms with E-state index < -0.39 is 58.8 Å². The number of ether oxygens (including phenoxy) is 5. The molecule has 198 valence electrons. The molecule has 4 rings (SSSR count). The molecule has 36 heavy (non-hydrogen) atoms. The molecule has 0 N–H and O–H groups in total. The minimum absolute atomic E-state index is 0.0424.